The Kier molecular flexibility index (Phi) is 17.0. The number of carbonyl (C=O) groups is 1. The largest absolute Gasteiger partial charge is 0.361 e. The molecule has 1 aliphatic rings. The Bertz CT molecular complexity index is 559. The molecule has 0 heterocycles. The molecule has 0 saturated carbocycles. The number of nitrogens with one attached hydrogen (secondary N) is 1. The average Bonchev–Trinajstić information content (AvgIpc) is 2.76. The zero-order chi connectivity index (χ0) is 21.7. The molecule has 0 saturated heterocycles. The van der Waals surface area contributed by atoms with Crippen LogP contribution in [-0.2, 0) is 4.79 Å². The molecule has 170 valence electrons. The SMILES string of the molecule is CCCCCCCCCCCCCCCCCCCC(=O)NC1=CCC(=[N+]=[N-])C=C1. The number of rotatable bonds is 19. The van der Waals surface area contributed by atoms with Crippen molar-refractivity contribution in [3.8, 4) is 0 Å². The molecule has 4 nitrogen and oxygen atoms in total. The van der Waals surface area contributed by atoms with Crippen molar-refractivity contribution in [1.82, 2.24) is 5.32 Å². The summed E-state index contributed by atoms with van der Waals surface area (Å²) >= 11 is 0. The fourth-order valence-corrected chi connectivity index (χ4v) is 3.94. The highest BCUT2D eigenvalue weighted by atomic mass is 16.1. The van der Waals surface area contributed by atoms with Crippen molar-refractivity contribution in [1.29, 1.82) is 0 Å². The van der Waals surface area contributed by atoms with Gasteiger partial charge in [-0.2, -0.15) is 4.79 Å². The highest BCUT2D eigenvalue weighted by Crippen LogP contribution is 2.14. The van der Waals surface area contributed by atoms with Crippen LogP contribution < -0.4 is 5.32 Å². The fourth-order valence-electron chi connectivity index (χ4n) is 3.94. The quantitative estimate of drug-likeness (QED) is 0.131. The first-order chi connectivity index (χ1) is 14.8. The highest BCUT2D eigenvalue weighted by molar-refractivity contribution is 5.93. The average molecular weight is 416 g/mol. The number of hydrogen-bond acceptors (Lipinski definition) is 1. The van der Waals surface area contributed by atoms with Crippen molar-refractivity contribution >= 4 is 11.6 Å². The Morgan fingerprint density at radius 3 is 1.67 bits per heavy atom. The van der Waals surface area contributed by atoms with Crippen molar-refractivity contribution in [3.05, 3.63) is 29.5 Å². The van der Waals surface area contributed by atoms with E-state index < -0.39 is 0 Å². The molecule has 0 spiro atoms. The predicted molar refractivity (Wildman–Crippen MR) is 127 cm³/mol. The van der Waals surface area contributed by atoms with E-state index in [2.05, 4.69) is 17.0 Å². The van der Waals surface area contributed by atoms with Crippen LogP contribution in [0.2, 0.25) is 0 Å². The minimum absolute atomic E-state index is 0.0799. The molecule has 1 aliphatic carbocycles. The molecule has 1 amide bonds. The molecule has 0 fully saturated rings. The number of unbranched alkanes of at least 4 members (excludes halogenated alkanes) is 16. The molecule has 0 radical (unpaired) electrons. The fraction of sp³-hybridized carbons (Fsp3) is 0.769. The normalized spacial score (nSPS) is 13.2. The smallest absolute Gasteiger partial charge is 0.295 e. The van der Waals surface area contributed by atoms with Crippen molar-refractivity contribution < 1.29 is 9.58 Å². The second-order valence-corrected chi connectivity index (χ2v) is 8.74. The first-order valence-electron chi connectivity index (χ1n) is 12.6. The Morgan fingerprint density at radius 2 is 1.27 bits per heavy atom. The van der Waals surface area contributed by atoms with E-state index in [4.69, 9.17) is 5.53 Å². The van der Waals surface area contributed by atoms with Gasteiger partial charge in [0.05, 0.1) is 6.42 Å². The van der Waals surface area contributed by atoms with Gasteiger partial charge in [0.2, 0.25) is 5.91 Å². The second-order valence-electron chi connectivity index (χ2n) is 8.74. The lowest BCUT2D eigenvalue weighted by Crippen LogP contribution is -2.22. The molecule has 1 rings (SSSR count). The third-order valence-electron chi connectivity index (χ3n) is 5.91. The topological polar surface area (TPSA) is 65.5 Å². The third kappa shape index (κ3) is 15.2. The van der Waals surface area contributed by atoms with Gasteiger partial charge in [-0.25, -0.2) is 0 Å². The summed E-state index contributed by atoms with van der Waals surface area (Å²) in [6.45, 7) is 2.28. The molecule has 4 heteroatoms. The van der Waals surface area contributed by atoms with Gasteiger partial charge in [-0.15, -0.1) is 0 Å². The van der Waals surface area contributed by atoms with Gasteiger partial charge in [-0.05, 0) is 18.6 Å². The Morgan fingerprint density at radius 1 is 0.800 bits per heavy atom. The van der Waals surface area contributed by atoms with Crippen molar-refractivity contribution in [2.45, 2.75) is 129 Å². The van der Waals surface area contributed by atoms with Gasteiger partial charge in [0.15, 0.2) is 0 Å². The van der Waals surface area contributed by atoms with Gasteiger partial charge in [0, 0.05) is 18.2 Å². The summed E-state index contributed by atoms with van der Waals surface area (Å²) in [7, 11) is 0. The Hall–Kier alpha value is -1.67. The van der Waals surface area contributed by atoms with Crippen LogP contribution in [0.5, 0.6) is 0 Å². The zero-order valence-electron chi connectivity index (χ0n) is 19.5. The minimum Gasteiger partial charge on any atom is -0.361 e. The molecule has 30 heavy (non-hydrogen) atoms. The Labute approximate surface area is 185 Å². The van der Waals surface area contributed by atoms with Gasteiger partial charge in [-0.1, -0.05) is 110 Å². The Balaban J connectivity index is 1.79. The molecular weight excluding hydrogens is 370 g/mol. The lowest BCUT2D eigenvalue weighted by molar-refractivity contribution is -0.120. The molecule has 0 atom stereocenters. The number of amides is 1. The standard InChI is InChI=1S/C26H45N3O/c1-2-3-4-5-6-7-8-9-10-11-12-13-14-15-16-17-18-19-26(30)28-24-20-22-25(29-27)23-21-24/h20-22H,2-19,23H2,1H3,(H,28,30). The summed E-state index contributed by atoms with van der Waals surface area (Å²) < 4.78 is 0. The molecule has 0 bridgehead atoms. The van der Waals surface area contributed by atoms with E-state index >= 15 is 0 Å². The van der Waals surface area contributed by atoms with Gasteiger partial charge < -0.3 is 10.8 Å². The van der Waals surface area contributed by atoms with Crippen LogP contribution in [0.25, 0.3) is 5.53 Å². The van der Waals surface area contributed by atoms with E-state index in [1.807, 2.05) is 6.08 Å². The monoisotopic (exact) mass is 415 g/mol. The first kappa shape index (κ1) is 26.4. The van der Waals surface area contributed by atoms with E-state index in [0.717, 1.165) is 18.5 Å². The number of allylic oxidation sites excluding steroid dienone is 3. The molecule has 1 N–H and O–H groups in total. The number of hydrogen-bond donors (Lipinski definition) is 1. The van der Waals surface area contributed by atoms with E-state index in [1.165, 1.54) is 96.3 Å². The van der Waals surface area contributed by atoms with Gasteiger partial charge in [0.1, 0.15) is 0 Å². The lowest BCUT2D eigenvalue weighted by atomic mass is 10.0. The molecule has 0 aliphatic heterocycles. The van der Waals surface area contributed by atoms with Crippen LogP contribution in [0.1, 0.15) is 129 Å². The molecule has 0 aromatic rings. The maximum Gasteiger partial charge on any atom is 0.295 e. The summed E-state index contributed by atoms with van der Waals surface area (Å²) in [5.74, 6) is 0.0799. The summed E-state index contributed by atoms with van der Waals surface area (Å²) in [6.07, 6.45) is 29.5. The first-order valence-corrected chi connectivity index (χ1v) is 12.6. The number of nitrogens with zero attached hydrogens (tertiary/aromatic N) is 2. The molecular formula is C26H45N3O. The molecule has 0 aromatic carbocycles. The van der Waals surface area contributed by atoms with Crippen molar-refractivity contribution in [2.24, 2.45) is 0 Å². The van der Waals surface area contributed by atoms with Gasteiger partial charge in [0.25, 0.3) is 5.71 Å². The van der Waals surface area contributed by atoms with Crippen LogP contribution in [-0.4, -0.2) is 16.4 Å². The van der Waals surface area contributed by atoms with E-state index in [9.17, 15) is 4.79 Å². The van der Waals surface area contributed by atoms with E-state index in [0.29, 0.717) is 18.6 Å². The van der Waals surface area contributed by atoms with Crippen LogP contribution in [0.3, 0.4) is 0 Å². The summed E-state index contributed by atoms with van der Waals surface area (Å²) in [5, 5.41) is 2.92. The predicted octanol–water partition coefficient (Wildman–Crippen LogP) is 7.66. The maximum absolute atomic E-state index is 12.0. The summed E-state index contributed by atoms with van der Waals surface area (Å²) in [4.78, 5) is 15.1. The van der Waals surface area contributed by atoms with Crippen molar-refractivity contribution in [3.63, 3.8) is 0 Å². The lowest BCUT2D eigenvalue weighted by Gasteiger charge is -2.08. The maximum atomic E-state index is 12.0. The summed E-state index contributed by atoms with van der Waals surface area (Å²) in [5.41, 5.74) is 10.1. The zero-order valence-corrected chi connectivity index (χ0v) is 19.5. The molecule has 0 unspecified atom stereocenters. The van der Waals surface area contributed by atoms with Crippen LogP contribution in [0, 0.1) is 0 Å². The van der Waals surface area contributed by atoms with Crippen molar-refractivity contribution in [2.75, 3.05) is 0 Å². The number of carbonyl (C=O) groups excluding carboxylic acids is 1. The van der Waals surface area contributed by atoms with Crippen LogP contribution in [0.15, 0.2) is 23.9 Å². The van der Waals surface area contributed by atoms with Gasteiger partial charge >= 0.3 is 0 Å². The summed E-state index contributed by atoms with van der Waals surface area (Å²) in [6, 6.07) is 0. The third-order valence-corrected chi connectivity index (χ3v) is 5.91. The molecule has 0 aromatic heterocycles. The van der Waals surface area contributed by atoms with E-state index in [-0.39, 0.29) is 5.91 Å². The highest BCUT2D eigenvalue weighted by Gasteiger charge is 2.10. The minimum atomic E-state index is 0.0799. The second kappa shape index (κ2) is 19.3. The van der Waals surface area contributed by atoms with Crippen LogP contribution in [0.4, 0.5) is 0 Å². The van der Waals surface area contributed by atoms with Crippen LogP contribution >= 0.6 is 0 Å². The van der Waals surface area contributed by atoms with E-state index in [1.54, 1.807) is 12.2 Å². The van der Waals surface area contributed by atoms with Gasteiger partial charge in [-0.3, -0.25) is 4.79 Å².